The number of carbonyl (C=O) groups is 1. The third kappa shape index (κ3) is 3.45. The standard InChI is InChI=1S/C12H12F4O2/c1-11(2,3)18-10(17)9-7(12(14,15)16)5-4-6-8(9)13/h4-6H,1-3H3. The van der Waals surface area contributed by atoms with Crippen LogP contribution in [0.3, 0.4) is 0 Å². The Morgan fingerprint density at radius 2 is 1.72 bits per heavy atom. The lowest BCUT2D eigenvalue weighted by Crippen LogP contribution is -2.26. The van der Waals surface area contributed by atoms with Crippen LogP contribution >= 0.6 is 0 Å². The molecule has 1 aromatic carbocycles. The highest BCUT2D eigenvalue weighted by Crippen LogP contribution is 2.33. The number of ether oxygens (including phenoxy) is 1. The van der Waals surface area contributed by atoms with Crippen LogP contribution < -0.4 is 0 Å². The molecule has 0 amide bonds. The van der Waals surface area contributed by atoms with Gasteiger partial charge in [-0.3, -0.25) is 0 Å². The van der Waals surface area contributed by atoms with Crippen LogP contribution in [0.2, 0.25) is 0 Å². The van der Waals surface area contributed by atoms with E-state index in [4.69, 9.17) is 4.74 Å². The molecule has 0 aliphatic carbocycles. The first-order chi connectivity index (χ1) is 8.02. The van der Waals surface area contributed by atoms with Gasteiger partial charge in [-0.25, -0.2) is 9.18 Å². The van der Waals surface area contributed by atoms with E-state index in [0.717, 1.165) is 12.1 Å². The molecule has 0 spiro atoms. The molecule has 0 aliphatic rings. The van der Waals surface area contributed by atoms with Crippen molar-refractivity contribution in [3.8, 4) is 0 Å². The van der Waals surface area contributed by atoms with E-state index in [1.807, 2.05) is 0 Å². The number of carbonyl (C=O) groups excluding carboxylic acids is 1. The second kappa shape index (κ2) is 4.59. The van der Waals surface area contributed by atoms with Gasteiger partial charge in [0.25, 0.3) is 0 Å². The Morgan fingerprint density at radius 1 is 1.17 bits per heavy atom. The first-order valence-electron chi connectivity index (χ1n) is 5.11. The molecule has 1 aromatic rings. The Kier molecular flexibility index (Phi) is 3.69. The van der Waals surface area contributed by atoms with Crippen molar-refractivity contribution in [1.82, 2.24) is 0 Å². The van der Waals surface area contributed by atoms with Crippen LogP contribution in [0.25, 0.3) is 0 Å². The Hall–Kier alpha value is -1.59. The molecule has 0 atom stereocenters. The van der Waals surface area contributed by atoms with Crippen LogP contribution in [0, 0.1) is 5.82 Å². The van der Waals surface area contributed by atoms with Crippen LogP contribution in [0.4, 0.5) is 17.6 Å². The van der Waals surface area contributed by atoms with E-state index < -0.39 is 34.7 Å². The first-order valence-corrected chi connectivity index (χ1v) is 5.11. The molecule has 0 aromatic heterocycles. The molecule has 6 heteroatoms. The van der Waals surface area contributed by atoms with Crippen molar-refractivity contribution in [3.05, 3.63) is 35.1 Å². The lowest BCUT2D eigenvalue weighted by molar-refractivity contribution is -0.138. The molecule has 0 fully saturated rings. The molecule has 1 rings (SSSR count). The second-order valence-electron chi connectivity index (χ2n) is 4.66. The summed E-state index contributed by atoms with van der Waals surface area (Å²) >= 11 is 0. The summed E-state index contributed by atoms with van der Waals surface area (Å²) < 4.78 is 56.1. The molecule has 18 heavy (non-hydrogen) atoms. The van der Waals surface area contributed by atoms with Gasteiger partial charge in [-0.1, -0.05) is 6.07 Å². The molecule has 0 heterocycles. The Labute approximate surface area is 102 Å². The van der Waals surface area contributed by atoms with Crippen molar-refractivity contribution in [2.45, 2.75) is 32.5 Å². The van der Waals surface area contributed by atoms with Gasteiger partial charge < -0.3 is 4.74 Å². The largest absolute Gasteiger partial charge is 0.456 e. The lowest BCUT2D eigenvalue weighted by atomic mass is 10.1. The van der Waals surface area contributed by atoms with Crippen molar-refractivity contribution < 1.29 is 27.1 Å². The van der Waals surface area contributed by atoms with Crippen molar-refractivity contribution in [1.29, 1.82) is 0 Å². The van der Waals surface area contributed by atoms with E-state index >= 15 is 0 Å². The van der Waals surface area contributed by atoms with E-state index in [1.54, 1.807) is 0 Å². The number of rotatable bonds is 1. The Balaban J connectivity index is 3.27. The number of alkyl halides is 3. The zero-order chi connectivity index (χ0) is 14.1. The summed E-state index contributed by atoms with van der Waals surface area (Å²) in [5.41, 5.74) is -3.42. The predicted molar refractivity (Wildman–Crippen MR) is 56.6 cm³/mol. The SMILES string of the molecule is CC(C)(C)OC(=O)c1c(F)cccc1C(F)(F)F. The van der Waals surface area contributed by atoms with E-state index in [2.05, 4.69) is 0 Å². The van der Waals surface area contributed by atoms with Gasteiger partial charge in [0.2, 0.25) is 0 Å². The summed E-state index contributed by atoms with van der Waals surface area (Å²) in [7, 11) is 0. The molecular formula is C12H12F4O2. The van der Waals surface area contributed by atoms with Crippen LogP contribution in [0.15, 0.2) is 18.2 Å². The van der Waals surface area contributed by atoms with Crippen LogP contribution in [0.1, 0.15) is 36.7 Å². The maximum Gasteiger partial charge on any atom is 0.417 e. The number of benzene rings is 1. The van der Waals surface area contributed by atoms with E-state index in [9.17, 15) is 22.4 Å². The minimum absolute atomic E-state index is 0.641. The highest BCUT2D eigenvalue weighted by Gasteiger charge is 2.38. The van der Waals surface area contributed by atoms with Crippen LogP contribution in [-0.2, 0) is 10.9 Å². The molecule has 2 nitrogen and oxygen atoms in total. The minimum atomic E-state index is -4.81. The van der Waals surface area contributed by atoms with Crippen LogP contribution in [0.5, 0.6) is 0 Å². The number of hydrogen-bond donors (Lipinski definition) is 0. The molecule has 100 valence electrons. The van der Waals surface area contributed by atoms with Gasteiger partial charge in [-0.2, -0.15) is 13.2 Å². The van der Waals surface area contributed by atoms with Gasteiger partial charge in [0, 0.05) is 0 Å². The van der Waals surface area contributed by atoms with Gasteiger partial charge in [0.05, 0.1) is 5.56 Å². The maximum atomic E-state index is 13.4. The second-order valence-corrected chi connectivity index (χ2v) is 4.66. The minimum Gasteiger partial charge on any atom is -0.456 e. The fourth-order valence-corrected chi connectivity index (χ4v) is 1.30. The monoisotopic (exact) mass is 264 g/mol. The van der Waals surface area contributed by atoms with Gasteiger partial charge in [0.1, 0.15) is 17.0 Å². The normalized spacial score (nSPS) is 12.4. The van der Waals surface area contributed by atoms with E-state index in [1.165, 1.54) is 20.8 Å². The average molecular weight is 264 g/mol. The number of halogens is 4. The van der Waals surface area contributed by atoms with Crippen molar-refractivity contribution in [2.75, 3.05) is 0 Å². The molecule has 0 aliphatic heterocycles. The zero-order valence-electron chi connectivity index (χ0n) is 10.1. The fraction of sp³-hybridized carbons (Fsp3) is 0.417. The lowest BCUT2D eigenvalue weighted by Gasteiger charge is -2.21. The van der Waals surface area contributed by atoms with Gasteiger partial charge in [0.15, 0.2) is 0 Å². The van der Waals surface area contributed by atoms with E-state index in [0.29, 0.717) is 6.07 Å². The summed E-state index contributed by atoms with van der Waals surface area (Å²) in [5, 5.41) is 0. The predicted octanol–water partition coefficient (Wildman–Crippen LogP) is 3.80. The Bertz CT molecular complexity index is 458. The zero-order valence-corrected chi connectivity index (χ0v) is 10.1. The van der Waals surface area contributed by atoms with Crippen molar-refractivity contribution >= 4 is 5.97 Å². The molecular weight excluding hydrogens is 252 g/mol. The molecule has 0 unspecified atom stereocenters. The number of esters is 1. The third-order valence-electron chi connectivity index (χ3n) is 1.92. The molecule has 0 saturated heterocycles. The average Bonchev–Trinajstić information content (AvgIpc) is 2.12. The third-order valence-corrected chi connectivity index (χ3v) is 1.92. The summed E-state index contributed by atoms with van der Waals surface area (Å²) in [6, 6.07) is 2.32. The first kappa shape index (κ1) is 14.5. The van der Waals surface area contributed by atoms with Gasteiger partial charge in [-0.05, 0) is 32.9 Å². The van der Waals surface area contributed by atoms with E-state index in [-0.39, 0.29) is 0 Å². The quantitative estimate of drug-likeness (QED) is 0.569. The smallest absolute Gasteiger partial charge is 0.417 e. The summed E-state index contributed by atoms with van der Waals surface area (Å²) in [4.78, 5) is 11.6. The Morgan fingerprint density at radius 3 is 2.17 bits per heavy atom. The topological polar surface area (TPSA) is 26.3 Å². The maximum absolute atomic E-state index is 13.4. The highest BCUT2D eigenvalue weighted by atomic mass is 19.4. The summed E-state index contributed by atoms with van der Waals surface area (Å²) in [5.74, 6) is -2.58. The molecule has 0 radical (unpaired) electrons. The summed E-state index contributed by atoms with van der Waals surface area (Å²) in [6.07, 6.45) is -4.81. The van der Waals surface area contributed by atoms with Crippen LogP contribution in [-0.4, -0.2) is 11.6 Å². The highest BCUT2D eigenvalue weighted by molar-refractivity contribution is 5.91. The number of hydrogen-bond acceptors (Lipinski definition) is 2. The van der Waals surface area contributed by atoms with Gasteiger partial charge >= 0.3 is 12.1 Å². The van der Waals surface area contributed by atoms with Gasteiger partial charge in [-0.15, -0.1) is 0 Å². The fourth-order valence-electron chi connectivity index (χ4n) is 1.30. The summed E-state index contributed by atoms with van der Waals surface area (Å²) in [6.45, 7) is 4.46. The van der Waals surface area contributed by atoms with Crippen molar-refractivity contribution in [3.63, 3.8) is 0 Å². The molecule has 0 N–H and O–H groups in total. The van der Waals surface area contributed by atoms with Crippen molar-refractivity contribution in [2.24, 2.45) is 0 Å². The molecule has 0 saturated carbocycles. The molecule has 0 bridgehead atoms.